The van der Waals surface area contributed by atoms with Gasteiger partial charge in [0.1, 0.15) is 0 Å². The lowest BCUT2D eigenvalue weighted by Crippen LogP contribution is -2.39. The van der Waals surface area contributed by atoms with Crippen LogP contribution in [-0.4, -0.2) is 14.8 Å². The molecule has 0 spiro atoms. The number of hydrogen-bond acceptors (Lipinski definition) is 2. The Morgan fingerprint density at radius 2 is 1.31 bits per heavy atom. The Morgan fingerprint density at radius 3 is 1.38 bits per heavy atom. The molecule has 1 rings (SSSR count). The second kappa shape index (κ2) is 2.66. The molecule has 0 bridgehead atoms. The van der Waals surface area contributed by atoms with Crippen LogP contribution < -0.4 is 0 Å². The summed E-state index contributed by atoms with van der Waals surface area (Å²) in [4.78, 5) is 23.3. The highest BCUT2D eigenvalue weighted by molar-refractivity contribution is 9.26. The molecule has 0 saturated heterocycles. The van der Waals surface area contributed by atoms with Gasteiger partial charge in [-0.05, 0) is 0 Å². The molecule has 2 nitrogen and oxygen atoms in total. The normalized spacial score (nSPS) is 29.4. The summed E-state index contributed by atoms with van der Waals surface area (Å²) in [5.41, 5.74) is -1.06. The lowest BCUT2D eigenvalue weighted by Gasteiger charge is -2.38. The quantitative estimate of drug-likeness (QED) is 0.509. The summed E-state index contributed by atoms with van der Waals surface area (Å²) in [5.74, 6) is -0.700. The number of ketones is 2. The molecule has 74 valence electrons. The SMILES string of the molecule is CC1(C)C(=O)C(=O)C(Br)(Br)C1(C)C. The van der Waals surface area contributed by atoms with E-state index in [1.165, 1.54) is 0 Å². The first-order valence-corrected chi connectivity index (χ1v) is 5.62. The molecule has 0 aromatic heterocycles. The molecule has 0 aliphatic heterocycles. The lowest BCUT2D eigenvalue weighted by atomic mass is 9.70. The topological polar surface area (TPSA) is 34.1 Å². The number of rotatable bonds is 0. The number of alkyl halides is 2. The minimum absolute atomic E-state index is 0.314. The lowest BCUT2D eigenvalue weighted by molar-refractivity contribution is -0.138. The third-order valence-corrected chi connectivity index (χ3v) is 6.11. The average Bonchev–Trinajstić information content (AvgIpc) is 2.05. The molecule has 0 amide bonds. The van der Waals surface area contributed by atoms with Crippen molar-refractivity contribution in [3.63, 3.8) is 0 Å². The van der Waals surface area contributed by atoms with E-state index in [1.54, 1.807) is 13.8 Å². The van der Waals surface area contributed by atoms with Crippen LogP contribution >= 0.6 is 31.9 Å². The highest BCUT2D eigenvalue weighted by Crippen LogP contribution is 2.60. The van der Waals surface area contributed by atoms with Gasteiger partial charge in [0.05, 0.1) is 0 Å². The molecule has 0 aromatic rings. The Labute approximate surface area is 94.7 Å². The second-order valence-electron chi connectivity index (χ2n) is 4.48. The first-order chi connectivity index (χ1) is 5.57. The molecule has 1 saturated carbocycles. The summed E-state index contributed by atoms with van der Waals surface area (Å²) in [6.07, 6.45) is 0. The maximum Gasteiger partial charge on any atom is 0.226 e. The van der Waals surface area contributed by atoms with Crippen molar-refractivity contribution in [1.29, 1.82) is 0 Å². The van der Waals surface area contributed by atoms with E-state index >= 15 is 0 Å². The van der Waals surface area contributed by atoms with E-state index in [0.29, 0.717) is 0 Å². The van der Waals surface area contributed by atoms with Gasteiger partial charge >= 0.3 is 0 Å². The Morgan fingerprint density at radius 1 is 0.923 bits per heavy atom. The molecule has 0 aromatic carbocycles. The van der Waals surface area contributed by atoms with Crippen LogP contribution in [0.1, 0.15) is 27.7 Å². The van der Waals surface area contributed by atoms with E-state index in [9.17, 15) is 9.59 Å². The average molecular weight is 312 g/mol. The fourth-order valence-electron chi connectivity index (χ4n) is 1.39. The number of Topliss-reactive ketones (excluding diaryl/α,β-unsaturated/α-hetero) is 2. The standard InChI is InChI=1S/C9H12Br2O2/c1-7(2)5(12)6(13)9(10,11)8(7,3)4/h1-4H3. The molecule has 0 heterocycles. The van der Waals surface area contributed by atoms with Crippen LogP contribution in [0.25, 0.3) is 0 Å². The highest BCUT2D eigenvalue weighted by Gasteiger charge is 2.67. The number of carbonyl (C=O) groups is 2. The highest BCUT2D eigenvalue weighted by atomic mass is 79.9. The van der Waals surface area contributed by atoms with E-state index in [1.807, 2.05) is 13.8 Å². The van der Waals surface area contributed by atoms with Gasteiger partial charge in [-0.1, -0.05) is 59.6 Å². The van der Waals surface area contributed by atoms with Crippen LogP contribution in [0, 0.1) is 10.8 Å². The Balaban J connectivity index is 3.40. The largest absolute Gasteiger partial charge is 0.290 e. The minimum Gasteiger partial charge on any atom is -0.290 e. The molecule has 0 unspecified atom stereocenters. The fourth-order valence-corrected chi connectivity index (χ4v) is 2.74. The van der Waals surface area contributed by atoms with Crippen molar-refractivity contribution < 1.29 is 9.59 Å². The summed E-state index contributed by atoms with van der Waals surface area (Å²) in [6, 6.07) is 0. The summed E-state index contributed by atoms with van der Waals surface area (Å²) in [7, 11) is 0. The van der Waals surface area contributed by atoms with Gasteiger partial charge in [-0.3, -0.25) is 9.59 Å². The Hall–Kier alpha value is 0.300. The summed E-state index contributed by atoms with van der Waals surface area (Å²) in [6.45, 7) is 7.41. The first kappa shape index (κ1) is 11.4. The van der Waals surface area contributed by atoms with Crippen LogP contribution in [0.3, 0.4) is 0 Å². The predicted octanol–water partition coefficient (Wildman–Crippen LogP) is 2.68. The number of halogens is 2. The van der Waals surface area contributed by atoms with Crippen molar-refractivity contribution in [2.24, 2.45) is 10.8 Å². The summed E-state index contributed by atoms with van der Waals surface area (Å²) >= 11 is 6.58. The van der Waals surface area contributed by atoms with Crippen LogP contribution in [0.4, 0.5) is 0 Å². The van der Waals surface area contributed by atoms with Crippen LogP contribution in [0.15, 0.2) is 0 Å². The zero-order chi connectivity index (χ0) is 10.7. The van der Waals surface area contributed by atoms with Crippen LogP contribution in [-0.2, 0) is 9.59 Å². The van der Waals surface area contributed by atoms with Gasteiger partial charge in [0.2, 0.25) is 11.6 Å². The molecule has 0 N–H and O–H groups in total. The van der Waals surface area contributed by atoms with Gasteiger partial charge in [-0.25, -0.2) is 0 Å². The molecule has 13 heavy (non-hydrogen) atoms. The van der Waals surface area contributed by atoms with Crippen molar-refractivity contribution in [1.82, 2.24) is 0 Å². The fraction of sp³-hybridized carbons (Fsp3) is 0.778. The van der Waals surface area contributed by atoms with Crippen molar-refractivity contribution in [2.45, 2.75) is 30.9 Å². The number of hydrogen-bond donors (Lipinski definition) is 0. The number of carbonyl (C=O) groups excluding carboxylic acids is 2. The van der Waals surface area contributed by atoms with E-state index in [2.05, 4.69) is 31.9 Å². The Kier molecular flexibility index (Phi) is 2.33. The maximum absolute atomic E-state index is 11.6. The molecule has 1 aliphatic carbocycles. The monoisotopic (exact) mass is 310 g/mol. The van der Waals surface area contributed by atoms with Crippen LogP contribution in [0.2, 0.25) is 0 Å². The smallest absolute Gasteiger partial charge is 0.226 e. The molecular weight excluding hydrogens is 300 g/mol. The van der Waals surface area contributed by atoms with Gasteiger partial charge in [0, 0.05) is 10.8 Å². The molecule has 0 atom stereocenters. The van der Waals surface area contributed by atoms with Gasteiger partial charge in [0.25, 0.3) is 0 Å². The maximum atomic E-state index is 11.6. The van der Waals surface area contributed by atoms with E-state index in [-0.39, 0.29) is 11.6 Å². The van der Waals surface area contributed by atoms with Crippen molar-refractivity contribution in [3.8, 4) is 0 Å². The Bertz CT molecular complexity index is 262. The van der Waals surface area contributed by atoms with Crippen molar-refractivity contribution >= 4 is 43.4 Å². The zero-order valence-corrected chi connectivity index (χ0v) is 11.2. The van der Waals surface area contributed by atoms with Crippen molar-refractivity contribution in [3.05, 3.63) is 0 Å². The van der Waals surface area contributed by atoms with Gasteiger partial charge in [-0.15, -0.1) is 0 Å². The summed E-state index contributed by atoms with van der Waals surface area (Å²) in [5, 5.41) is 0. The van der Waals surface area contributed by atoms with Gasteiger partial charge in [-0.2, -0.15) is 0 Å². The van der Waals surface area contributed by atoms with Gasteiger partial charge in [0.15, 0.2) is 3.23 Å². The van der Waals surface area contributed by atoms with E-state index in [0.717, 1.165) is 0 Å². The first-order valence-electron chi connectivity index (χ1n) is 4.04. The predicted molar refractivity (Wildman–Crippen MR) is 58.2 cm³/mol. The summed E-state index contributed by atoms with van der Waals surface area (Å²) < 4.78 is -0.909. The molecule has 4 heteroatoms. The molecule has 1 aliphatic rings. The van der Waals surface area contributed by atoms with Crippen LogP contribution in [0.5, 0.6) is 0 Å². The van der Waals surface area contributed by atoms with Gasteiger partial charge < -0.3 is 0 Å². The van der Waals surface area contributed by atoms with E-state index < -0.39 is 14.1 Å². The van der Waals surface area contributed by atoms with Crippen molar-refractivity contribution in [2.75, 3.05) is 0 Å². The molecule has 1 fully saturated rings. The third-order valence-electron chi connectivity index (χ3n) is 3.41. The second-order valence-corrected chi connectivity index (χ2v) is 7.93. The molecular formula is C9H12Br2O2. The van der Waals surface area contributed by atoms with E-state index in [4.69, 9.17) is 0 Å². The molecule has 0 radical (unpaired) electrons. The third kappa shape index (κ3) is 1.11. The minimum atomic E-state index is -0.909. The zero-order valence-electron chi connectivity index (χ0n) is 8.07.